The zero-order valence-electron chi connectivity index (χ0n) is 18.0. The number of hydrogen-bond acceptors (Lipinski definition) is 5. The molecule has 0 spiro atoms. The maximum Gasteiger partial charge on any atom is 0.308 e. The van der Waals surface area contributed by atoms with E-state index in [1.807, 2.05) is 30.5 Å². The second-order valence-electron chi connectivity index (χ2n) is 8.06. The molecule has 0 amide bonds. The van der Waals surface area contributed by atoms with E-state index in [-0.39, 0.29) is 17.8 Å². The Morgan fingerprint density at radius 2 is 2.06 bits per heavy atom. The van der Waals surface area contributed by atoms with Crippen LogP contribution >= 0.6 is 11.6 Å². The summed E-state index contributed by atoms with van der Waals surface area (Å²) in [7, 11) is 1.46. The highest BCUT2D eigenvalue weighted by molar-refractivity contribution is 6.33. The topological polar surface area (TPSA) is 65.7 Å². The number of aromatic nitrogens is 3. The Labute approximate surface area is 187 Å². The van der Waals surface area contributed by atoms with Crippen molar-refractivity contribution in [2.45, 2.75) is 51.4 Å². The van der Waals surface area contributed by atoms with Crippen LogP contribution in [-0.4, -0.2) is 34.1 Å². The van der Waals surface area contributed by atoms with E-state index in [1.165, 1.54) is 7.11 Å². The summed E-state index contributed by atoms with van der Waals surface area (Å²) in [5.41, 5.74) is 2.57. The van der Waals surface area contributed by atoms with Gasteiger partial charge in [-0.2, -0.15) is 0 Å². The third kappa shape index (κ3) is 4.54. The lowest BCUT2D eigenvalue weighted by Gasteiger charge is -2.26. The number of hydrogen-bond donors (Lipinski definition) is 0. The van der Waals surface area contributed by atoms with Gasteiger partial charge in [-0.05, 0) is 44.2 Å². The summed E-state index contributed by atoms with van der Waals surface area (Å²) in [6.07, 6.45) is 9.12. The summed E-state index contributed by atoms with van der Waals surface area (Å²) < 4.78 is 12.9. The molecule has 0 atom stereocenters. The number of fused-ring (bicyclic) bond motifs is 1. The van der Waals surface area contributed by atoms with Gasteiger partial charge in [-0.25, -0.2) is 9.97 Å². The quantitative estimate of drug-likeness (QED) is 0.349. The number of esters is 1. The van der Waals surface area contributed by atoms with Crippen LogP contribution in [0.25, 0.3) is 16.8 Å². The highest BCUT2D eigenvalue weighted by Crippen LogP contribution is 2.39. The molecule has 1 aliphatic rings. The van der Waals surface area contributed by atoms with E-state index in [0.29, 0.717) is 11.8 Å². The highest BCUT2D eigenvalue weighted by atomic mass is 35.5. The van der Waals surface area contributed by atoms with Crippen LogP contribution in [-0.2, 0) is 9.53 Å². The molecule has 0 N–H and O–H groups in total. The molecule has 31 heavy (non-hydrogen) atoms. The lowest BCUT2D eigenvalue weighted by molar-refractivity contribution is -0.146. The fourth-order valence-electron chi connectivity index (χ4n) is 4.34. The normalized spacial score (nSPS) is 18.8. The molecule has 4 rings (SSSR count). The van der Waals surface area contributed by atoms with Gasteiger partial charge < -0.3 is 9.47 Å². The first-order valence-corrected chi connectivity index (χ1v) is 11.3. The van der Waals surface area contributed by atoms with E-state index in [4.69, 9.17) is 26.1 Å². The lowest BCUT2D eigenvalue weighted by atomic mass is 9.81. The van der Waals surface area contributed by atoms with Crippen molar-refractivity contribution in [1.29, 1.82) is 0 Å². The van der Waals surface area contributed by atoms with Gasteiger partial charge in [-0.3, -0.25) is 9.20 Å². The first-order valence-electron chi connectivity index (χ1n) is 11.0. The maximum absolute atomic E-state index is 11.9. The van der Waals surface area contributed by atoms with E-state index in [2.05, 4.69) is 16.3 Å². The summed E-state index contributed by atoms with van der Waals surface area (Å²) in [4.78, 5) is 21.2. The molecule has 3 aromatic rings. The standard InChI is InChI=1S/C24H28ClN3O3/c1-3-4-14-31-19-7-5-6-18(15-19)20-21-22(25)26-12-13-28(21)23(27-20)16-8-10-17(11-9-16)24(29)30-2/h5-7,12-13,15-17H,3-4,8-11,14H2,1-2H3/t16-,17+. The molecule has 1 saturated carbocycles. The van der Waals surface area contributed by atoms with E-state index < -0.39 is 0 Å². The summed E-state index contributed by atoms with van der Waals surface area (Å²) in [5, 5.41) is 0.428. The SMILES string of the molecule is CCCCOc1cccc(-c2nc([C@H]3CC[C@@H](C(=O)OC)CC3)n3ccnc(Cl)c23)c1. The summed E-state index contributed by atoms with van der Waals surface area (Å²) in [5.74, 6) is 1.92. The molecule has 164 valence electrons. The van der Waals surface area contributed by atoms with E-state index in [9.17, 15) is 4.79 Å². The molecule has 2 heterocycles. The fraction of sp³-hybridized carbons (Fsp3) is 0.458. The number of imidazole rings is 1. The molecular weight excluding hydrogens is 414 g/mol. The number of rotatable bonds is 7. The number of halogens is 1. The zero-order valence-corrected chi connectivity index (χ0v) is 18.8. The summed E-state index contributed by atoms with van der Waals surface area (Å²) in [6.45, 7) is 2.84. The number of nitrogens with zero attached hydrogens (tertiary/aromatic N) is 3. The number of carbonyl (C=O) groups excluding carboxylic acids is 1. The Hall–Kier alpha value is -2.60. The lowest BCUT2D eigenvalue weighted by Crippen LogP contribution is -2.23. The predicted octanol–water partition coefficient (Wildman–Crippen LogP) is 5.68. The van der Waals surface area contributed by atoms with Crippen molar-refractivity contribution >= 4 is 23.1 Å². The molecule has 0 bridgehead atoms. The van der Waals surface area contributed by atoms with Gasteiger partial charge in [0.25, 0.3) is 0 Å². The molecular formula is C24H28ClN3O3. The van der Waals surface area contributed by atoms with Crippen molar-refractivity contribution in [3.63, 3.8) is 0 Å². The highest BCUT2D eigenvalue weighted by Gasteiger charge is 2.31. The molecule has 1 aromatic carbocycles. The van der Waals surface area contributed by atoms with Crippen LogP contribution in [0.1, 0.15) is 57.2 Å². The minimum atomic E-state index is -0.112. The van der Waals surface area contributed by atoms with Gasteiger partial charge in [-0.1, -0.05) is 37.1 Å². The number of carbonyl (C=O) groups is 1. The molecule has 0 saturated heterocycles. The largest absolute Gasteiger partial charge is 0.494 e. The Morgan fingerprint density at radius 3 is 2.81 bits per heavy atom. The van der Waals surface area contributed by atoms with Crippen molar-refractivity contribution in [3.8, 4) is 17.0 Å². The smallest absolute Gasteiger partial charge is 0.308 e. The predicted molar refractivity (Wildman–Crippen MR) is 121 cm³/mol. The zero-order chi connectivity index (χ0) is 21.8. The van der Waals surface area contributed by atoms with E-state index in [0.717, 1.165) is 66.9 Å². The monoisotopic (exact) mass is 441 g/mol. The first kappa shape index (κ1) is 21.6. The molecule has 7 heteroatoms. The molecule has 0 radical (unpaired) electrons. The molecule has 6 nitrogen and oxygen atoms in total. The Balaban J connectivity index is 1.67. The van der Waals surface area contributed by atoms with Crippen LogP contribution in [0.5, 0.6) is 5.75 Å². The third-order valence-electron chi connectivity index (χ3n) is 6.04. The second-order valence-corrected chi connectivity index (χ2v) is 8.41. The van der Waals surface area contributed by atoms with Crippen molar-refractivity contribution in [2.24, 2.45) is 5.92 Å². The Bertz CT molecular complexity index is 1060. The average Bonchev–Trinajstić information content (AvgIpc) is 3.20. The summed E-state index contributed by atoms with van der Waals surface area (Å²) in [6, 6.07) is 7.98. The number of methoxy groups -OCH3 is 1. The van der Waals surface area contributed by atoms with Crippen LogP contribution in [0.3, 0.4) is 0 Å². The number of unbranched alkanes of at least 4 members (excludes halogenated alkanes) is 1. The van der Waals surface area contributed by atoms with E-state index >= 15 is 0 Å². The minimum Gasteiger partial charge on any atom is -0.494 e. The van der Waals surface area contributed by atoms with Gasteiger partial charge >= 0.3 is 5.97 Å². The molecule has 1 aliphatic carbocycles. The molecule has 0 unspecified atom stereocenters. The van der Waals surface area contributed by atoms with Crippen molar-refractivity contribution < 1.29 is 14.3 Å². The second kappa shape index (κ2) is 9.69. The van der Waals surface area contributed by atoms with Crippen molar-refractivity contribution in [1.82, 2.24) is 14.4 Å². The minimum absolute atomic E-state index is 0.0193. The van der Waals surface area contributed by atoms with Crippen molar-refractivity contribution in [2.75, 3.05) is 13.7 Å². The first-order chi connectivity index (χ1) is 15.1. The third-order valence-corrected chi connectivity index (χ3v) is 6.31. The fourth-order valence-corrected chi connectivity index (χ4v) is 4.57. The van der Waals surface area contributed by atoms with Crippen molar-refractivity contribution in [3.05, 3.63) is 47.6 Å². The van der Waals surface area contributed by atoms with Crippen LogP contribution in [0.15, 0.2) is 36.7 Å². The Morgan fingerprint density at radius 1 is 1.26 bits per heavy atom. The maximum atomic E-state index is 11.9. The molecule has 1 fully saturated rings. The van der Waals surface area contributed by atoms with Crippen LogP contribution in [0.4, 0.5) is 0 Å². The van der Waals surface area contributed by atoms with Gasteiger partial charge in [0.2, 0.25) is 0 Å². The molecule has 2 aromatic heterocycles. The van der Waals surface area contributed by atoms with Gasteiger partial charge in [0.1, 0.15) is 17.1 Å². The van der Waals surface area contributed by atoms with Crippen LogP contribution in [0.2, 0.25) is 5.15 Å². The number of ether oxygens (including phenoxy) is 2. The van der Waals surface area contributed by atoms with Gasteiger partial charge in [-0.15, -0.1) is 0 Å². The average molecular weight is 442 g/mol. The number of benzene rings is 1. The molecule has 0 aliphatic heterocycles. The van der Waals surface area contributed by atoms with Gasteiger partial charge in [0.15, 0.2) is 5.15 Å². The van der Waals surface area contributed by atoms with Gasteiger partial charge in [0, 0.05) is 23.9 Å². The van der Waals surface area contributed by atoms with E-state index in [1.54, 1.807) is 6.20 Å². The van der Waals surface area contributed by atoms with Gasteiger partial charge in [0.05, 0.1) is 25.3 Å². The van der Waals surface area contributed by atoms with Crippen LogP contribution in [0, 0.1) is 5.92 Å². The summed E-state index contributed by atoms with van der Waals surface area (Å²) >= 11 is 6.53. The van der Waals surface area contributed by atoms with Crippen LogP contribution < -0.4 is 4.74 Å². The Kier molecular flexibility index (Phi) is 6.76.